The molecule has 1 nitrogen and oxygen atoms in total. The Morgan fingerprint density at radius 2 is 2.29 bits per heavy atom. The van der Waals surface area contributed by atoms with Crippen molar-refractivity contribution in [1.82, 2.24) is 4.90 Å². The van der Waals surface area contributed by atoms with E-state index in [4.69, 9.17) is 11.6 Å². The standard InChI is InChI=1S/C12H24ClN/c1-3-11(2)9-14-8-4-5-12(10-14)6-7-13/h11-12H,3-10H2,1-2H3. The molecule has 0 saturated carbocycles. The number of hydrogen-bond acceptors (Lipinski definition) is 1. The Balaban J connectivity index is 2.25. The molecular formula is C12H24ClN. The third kappa shape index (κ3) is 4.18. The minimum absolute atomic E-state index is 0.835. The fourth-order valence-electron chi connectivity index (χ4n) is 2.28. The van der Waals surface area contributed by atoms with Gasteiger partial charge >= 0.3 is 0 Å². The molecule has 1 aliphatic rings. The van der Waals surface area contributed by atoms with Crippen molar-refractivity contribution in [2.75, 3.05) is 25.5 Å². The van der Waals surface area contributed by atoms with E-state index in [0.717, 1.165) is 17.7 Å². The summed E-state index contributed by atoms with van der Waals surface area (Å²) in [4.78, 5) is 2.63. The molecule has 84 valence electrons. The molecule has 1 fully saturated rings. The van der Waals surface area contributed by atoms with Gasteiger partial charge in [0.25, 0.3) is 0 Å². The molecule has 1 heterocycles. The number of halogens is 1. The van der Waals surface area contributed by atoms with Crippen LogP contribution in [0.25, 0.3) is 0 Å². The largest absolute Gasteiger partial charge is 0.303 e. The highest BCUT2D eigenvalue weighted by molar-refractivity contribution is 6.17. The SMILES string of the molecule is CCC(C)CN1CCCC(CCCl)C1. The number of alkyl halides is 1. The second-order valence-corrected chi connectivity index (χ2v) is 5.14. The van der Waals surface area contributed by atoms with Gasteiger partial charge in [-0.3, -0.25) is 0 Å². The monoisotopic (exact) mass is 217 g/mol. The lowest BCUT2D eigenvalue weighted by molar-refractivity contribution is 0.152. The molecule has 0 aliphatic carbocycles. The fourth-order valence-corrected chi connectivity index (χ4v) is 2.59. The molecule has 1 aliphatic heterocycles. The molecule has 14 heavy (non-hydrogen) atoms. The number of nitrogens with zero attached hydrogens (tertiary/aromatic N) is 1. The predicted molar refractivity (Wildman–Crippen MR) is 64.0 cm³/mol. The van der Waals surface area contributed by atoms with Crippen LogP contribution in [0.5, 0.6) is 0 Å². The highest BCUT2D eigenvalue weighted by Gasteiger charge is 2.19. The van der Waals surface area contributed by atoms with E-state index in [1.54, 1.807) is 0 Å². The van der Waals surface area contributed by atoms with Crippen molar-refractivity contribution in [2.45, 2.75) is 39.5 Å². The zero-order chi connectivity index (χ0) is 10.4. The first-order chi connectivity index (χ1) is 6.76. The Kier molecular flexibility index (Phi) is 5.88. The number of hydrogen-bond donors (Lipinski definition) is 0. The van der Waals surface area contributed by atoms with Gasteiger partial charge in [-0.2, -0.15) is 0 Å². The van der Waals surface area contributed by atoms with Crippen LogP contribution in [0.3, 0.4) is 0 Å². The van der Waals surface area contributed by atoms with Gasteiger partial charge in [0.2, 0.25) is 0 Å². The number of likely N-dealkylation sites (tertiary alicyclic amines) is 1. The summed E-state index contributed by atoms with van der Waals surface area (Å²) in [5.41, 5.74) is 0. The lowest BCUT2D eigenvalue weighted by atomic mass is 9.94. The maximum absolute atomic E-state index is 5.80. The van der Waals surface area contributed by atoms with Crippen molar-refractivity contribution in [1.29, 1.82) is 0 Å². The van der Waals surface area contributed by atoms with Crippen molar-refractivity contribution in [3.8, 4) is 0 Å². The Morgan fingerprint density at radius 3 is 2.93 bits per heavy atom. The summed E-state index contributed by atoms with van der Waals surface area (Å²) in [6.07, 6.45) is 5.27. The van der Waals surface area contributed by atoms with Crippen molar-refractivity contribution < 1.29 is 0 Å². The quantitative estimate of drug-likeness (QED) is 0.639. The summed E-state index contributed by atoms with van der Waals surface area (Å²) in [6.45, 7) is 8.52. The minimum atomic E-state index is 0.835. The first kappa shape index (κ1) is 12.3. The van der Waals surface area contributed by atoms with Crippen LogP contribution in [0.2, 0.25) is 0 Å². The van der Waals surface area contributed by atoms with Crippen molar-refractivity contribution in [3.05, 3.63) is 0 Å². The van der Waals surface area contributed by atoms with Gasteiger partial charge in [0.1, 0.15) is 0 Å². The maximum Gasteiger partial charge on any atom is 0.0226 e. The Morgan fingerprint density at radius 1 is 1.50 bits per heavy atom. The smallest absolute Gasteiger partial charge is 0.0226 e. The van der Waals surface area contributed by atoms with E-state index >= 15 is 0 Å². The molecule has 2 unspecified atom stereocenters. The zero-order valence-corrected chi connectivity index (χ0v) is 10.4. The van der Waals surface area contributed by atoms with E-state index in [9.17, 15) is 0 Å². The zero-order valence-electron chi connectivity index (χ0n) is 9.64. The van der Waals surface area contributed by atoms with Crippen LogP contribution in [-0.2, 0) is 0 Å². The summed E-state index contributed by atoms with van der Waals surface area (Å²) < 4.78 is 0. The lowest BCUT2D eigenvalue weighted by Crippen LogP contribution is -2.38. The van der Waals surface area contributed by atoms with Crippen molar-refractivity contribution in [3.63, 3.8) is 0 Å². The predicted octanol–water partition coefficient (Wildman–Crippen LogP) is 3.37. The number of piperidine rings is 1. The Bertz CT molecular complexity index is 147. The topological polar surface area (TPSA) is 3.24 Å². The molecule has 0 amide bonds. The molecule has 0 radical (unpaired) electrons. The van der Waals surface area contributed by atoms with E-state index in [1.807, 2.05) is 0 Å². The number of rotatable bonds is 5. The van der Waals surface area contributed by atoms with Crippen LogP contribution in [0.4, 0.5) is 0 Å². The molecule has 0 aromatic heterocycles. The van der Waals surface area contributed by atoms with E-state index in [-0.39, 0.29) is 0 Å². The first-order valence-corrected chi connectivity index (χ1v) is 6.58. The van der Waals surface area contributed by atoms with Gasteiger partial charge < -0.3 is 4.90 Å². The summed E-state index contributed by atoms with van der Waals surface area (Å²) >= 11 is 5.80. The minimum Gasteiger partial charge on any atom is -0.303 e. The molecular weight excluding hydrogens is 194 g/mol. The van der Waals surface area contributed by atoms with Crippen LogP contribution < -0.4 is 0 Å². The van der Waals surface area contributed by atoms with Gasteiger partial charge in [0.05, 0.1) is 0 Å². The van der Waals surface area contributed by atoms with E-state index in [2.05, 4.69) is 18.7 Å². The van der Waals surface area contributed by atoms with Gasteiger partial charge in [-0.1, -0.05) is 20.3 Å². The van der Waals surface area contributed by atoms with Crippen LogP contribution in [-0.4, -0.2) is 30.4 Å². The normalized spacial score (nSPS) is 26.4. The summed E-state index contributed by atoms with van der Waals surface area (Å²) in [5, 5.41) is 0. The average molecular weight is 218 g/mol. The van der Waals surface area contributed by atoms with Crippen LogP contribution in [0, 0.1) is 11.8 Å². The highest BCUT2D eigenvalue weighted by Crippen LogP contribution is 2.21. The molecule has 0 N–H and O–H groups in total. The molecule has 1 saturated heterocycles. The van der Waals surface area contributed by atoms with Gasteiger partial charge in [0.15, 0.2) is 0 Å². The second kappa shape index (κ2) is 6.68. The van der Waals surface area contributed by atoms with E-state index in [1.165, 1.54) is 45.3 Å². The molecule has 0 aromatic carbocycles. The Labute approximate surface area is 93.8 Å². The molecule has 0 aromatic rings. The summed E-state index contributed by atoms with van der Waals surface area (Å²) in [5.74, 6) is 2.55. The second-order valence-electron chi connectivity index (χ2n) is 4.76. The van der Waals surface area contributed by atoms with Crippen LogP contribution >= 0.6 is 11.6 Å². The molecule has 0 spiro atoms. The van der Waals surface area contributed by atoms with Crippen molar-refractivity contribution in [2.24, 2.45) is 11.8 Å². The Hall–Kier alpha value is 0.250. The van der Waals surface area contributed by atoms with Crippen LogP contribution in [0.1, 0.15) is 39.5 Å². The van der Waals surface area contributed by atoms with Gasteiger partial charge in [-0.05, 0) is 37.6 Å². The van der Waals surface area contributed by atoms with Gasteiger partial charge in [-0.25, -0.2) is 0 Å². The average Bonchev–Trinajstić information content (AvgIpc) is 2.19. The third-order valence-electron chi connectivity index (χ3n) is 3.39. The van der Waals surface area contributed by atoms with Gasteiger partial charge in [0, 0.05) is 19.0 Å². The van der Waals surface area contributed by atoms with E-state index in [0.29, 0.717) is 0 Å². The van der Waals surface area contributed by atoms with Crippen LogP contribution in [0.15, 0.2) is 0 Å². The van der Waals surface area contributed by atoms with Gasteiger partial charge in [-0.15, -0.1) is 11.6 Å². The highest BCUT2D eigenvalue weighted by atomic mass is 35.5. The summed E-state index contributed by atoms with van der Waals surface area (Å²) in [7, 11) is 0. The molecule has 0 bridgehead atoms. The lowest BCUT2D eigenvalue weighted by Gasteiger charge is -2.34. The molecule has 1 rings (SSSR count). The third-order valence-corrected chi connectivity index (χ3v) is 3.61. The van der Waals surface area contributed by atoms with Crippen molar-refractivity contribution >= 4 is 11.6 Å². The summed E-state index contributed by atoms with van der Waals surface area (Å²) in [6, 6.07) is 0. The van der Waals surface area contributed by atoms with E-state index < -0.39 is 0 Å². The molecule has 2 atom stereocenters. The molecule has 2 heteroatoms. The first-order valence-electron chi connectivity index (χ1n) is 6.04. The fraction of sp³-hybridized carbons (Fsp3) is 1.00. The maximum atomic E-state index is 5.80.